The molecule has 2 aliphatic heterocycles. The van der Waals surface area contributed by atoms with Gasteiger partial charge in [-0.2, -0.15) is 0 Å². The number of aromatic nitrogens is 3. The van der Waals surface area contributed by atoms with Crippen LogP contribution in [0.1, 0.15) is 54.7 Å². The predicted molar refractivity (Wildman–Crippen MR) is 128 cm³/mol. The molecule has 9 nitrogen and oxygen atoms in total. The van der Waals surface area contributed by atoms with E-state index in [0.717, 1.165) is 30.8 Å². The van der Waals surface area contributed by atoms with E-state index in [4.69, 9.17) is 9.84 Å². The summed E-state index contributed by atoms with van der Waals surface area (Å²) in [7, 11) is 0. The minimum Gasteiger partial charge on any atom is -0.450 e. The number of nitrogens with zero attached hydrogens (tertiary/aromatic N) is 5. The number of imidazole rings is 1. The number of carbonyl (C=O) groups excluding carboxylic acids is 2. The Labute approximate surface area is 202 Å². The highest BCUT2D eigenvalue weighted by molar-refractivity contribution is 5.93. The molecule has 1 N–H and O–H groups in total. The summed E-state index contributed by atoms with van der Waals surface area (Å²) in [4.78, 5) is 33.2. The molecule has 2 saturated heterocycles. The maximum Gasteiger partial charge on any atom is 0.409 e. The molecule has 35 heavy (non-hydrogen) atoms. The highest BCUT2D eigenvalue weighted by Crippen LogP contribution is 2.35. The van der Waals surface area contributed by atoms with Crippen LogP contribution in [0.2, 0.25) is 0 Å². The van der Waals surface area contributed by atoms with Crippen LogP contribution in [-0.4, -0.2) is 63.8 Å². The summed E-state index contributed by atoms with van der Waals surface area (Å²) in [6, 6.07) is 10.4. The predicted octanol–water partition coefficient (Wildman–Crippen LogP) is 3.56. The number of hydrogen-bond donors (Lipinski definition) is 1. The van der Waals surface area contributed by atoms with Crippen LogP contribution in [0.3, 0.4) is 0 Å². The minimum absolute atomic E-state index is 0.0287. The van der Waals surface area contributed by atoms with Crippen molar-refractivity contribution in [3.05, 3.63) is 59.7 Å². The monoisotopic (exact) mass is 480 g/mol. The zero-order chi connectivity index (χ0) is 24.4. The van der Waals surface area contributed by atoms with Crippen molar-refractivity contribution >= 4 is 23.5 Å². The summed E-state index contributed by atoms with van der Waals surface area (Å²) >= 11 is 0. The first-order chi connectivity index (χ1) is 17.0. The molecular formula is C25H29FN6O3. The molecule has 0 spiro atoms. The molecule has 2 fully saturated rings. The van der Waals surface area contributed by atoms with Crippen LogP contribution in [0.15, 0.2) is 42.6 Å². The Hall–Kier alpha value is -3.69. The van der Waals surface area contributed by atoms with Crippen molar-refractivity contribution in [1.82, 2.24) is 24.8 Å². The van der Waals surface area contributed by atoms with Crippen molar-refractivity contribution in [3.8, 4) is 0 Å². The Morgan fingerprint density at radius 3 is 2.74 bits per heavy atom. The largest absolute Gasteiger partial charge is 0.450 e. The van der Waals surface area contributed by atoms with Crippen LogP contribution in [0.25, 0.3) is 5.65 Å². The number of fused-ring (bicyclic) bond motifs is 1. The number of carbonyl (C=O) groups is 2. The van der Waals surface area contributed by atoms with E-state index >= 15 is 0 Å². The second kappa shape index (κ2) is 9.89. The number of amides is 2. The van der Waals surface area contributed by atoms with Gasteiger partial charge in [0.25, 0.3) is 5.91 Å². The number of ether oxygens (including phenoxy) is 1. The van der Waals surface area contributed by atoms with E-state index in [1.165, 1.54) is 12.3 Å². The molecule has 5 rings (SSSR count). The lowest BCUT2D eigenvalue weighted by atomic mass is 10.0. The normalized spacial score (nSPS) is 18.7. The third-order valence-electron chi connectivity index (χ3n) is 6.72. The van der Waals surface area contributed by atoms with Crippen molar-refractivity contribution < 1.29 is 18.7 Å². The average molecular weight is 481 g/mol. The van der Waals surface area contributed by atoms with E-state index < -0.39 is 0 Å². The van der Waals surface area contributed by atoms with Gasteiger partial charge in [-0.15, -0.1) is 5.10 Å². The van der Waals surface area contributed by atoms with Crippen molar-refractivity contribution in [1.29, 1.82) is 0 Å². The van der Waals surface area contributed by atoms with Gasteiger partial charge in [-0.3, -0.25) is 4.79 Å². The quantitative estimate of drug-likeness (QED) is 0.600. The van der Waals surface area contributed by atoms with E-state index in [-0.39, 0.29) is 29.9 Å². The Morgan fingerprint density at radius 1 is 1.14 bits per heavy atom. The number of nitrogens with one attached hydrogen (secondary N) is 1. The molecule has 0 bridgehead atoms. The van der Waals surface area contributed by atoms with E-state index in [1.807, 2.05) is 18.2 Å². The first-order valence-electron chi connectivity index (χ1n) is 12.1. The first-order valence-corrected chi connectivity index (χ1v) is 12.1. The van der Waals surface area contributed by atoms with Gasteiger partial charge in [0.05, 0.1) is 18.8 Å². The summed E-state index contributed by atoms with van der Waals surface area (Å²) in [6.07, 6.45) is 4.41. The highest BCUT2D eigenvalue weighted by atomic mass is 19.1. The van der Waals surface area contributed by atoms with Crippen molar-refractivity contribution in [3.63, 3.8) is 0 Å². The molecule has 10 heteroatoms. The zero-order valence-corrected chi connectivity index (χ0v) is 19.7. The molecule has 4 heterocycles. The molecule has 1 aromatic carbocycles. The molecule has 2 aromatic heterocycles. The molecule has 2 amide bonds. The fraction of sp³-hybridized carbons (Fsp3) is 0.440. The topological polar surface area (TPSA) is 92.1 Å². The minimum atomic E-state index is -0.311. The number of likely N-dealkylation sites (tertiary alicyclic amines) is 1. The van der Waals surface area contributed by atoms with Gasteiger partial charge in [-0.1, -0.05) is 12.1 Å². The van der Waals surface area contributed by atoms with Gasteiger partial charge in [-0.05, 0) is 62.4 Å². The van der Waals surface area contributed by atoms with Gasteiger partial charge in [0.15, 0.2) is 11.3 Å². The van der Waals surface area contributed by atoms with Gasteiger partial charge < -0.3 is 19.9 Å². The van der Waals surface area contributed by atoms with E-state index in [9.17, 15) is 14.0 Å². The highest BCUT2D eigenvalue weighted by Gasteiger charge is 2.29. The standard InChI is InChI=1S/C25H29FN6O3/c1-2-35-25(34)30-13-10-19(11-14-30)28-24(33)21-16-27-22-8-9-23(29-32(21)22)31-12-4-7-20(31)17-5-3-6-18(26)15-17/h3,5-6,8-9,15-16,19-20H,2,4,7,10-14H2,1H3,(H,28,33)/t20-/m1/s1. The lowest BCUT2D eigenvalue weighted by molar-refractivity contribution is 0.0855. The lowest BCUT2D eigenvalue weighted by Gasteiger charge is -2.31. The molecule has 184 valence electrons. The fourth-order valence-electron chi connectivity index (χ4n) is 4.95. The number of hydrogen-bond acceptors (Lipinski definition) is 6. The van der Waals surface area contributed by atoms with Gasteiger partial charge in [0.2, 0.25) is 0 Å². The first kappa shape index (κ1) is 23.1. The van der Waals surface area contributed by atoms with Crippen LogP contribution >= 0.6 is 0 Å². The number of piperidine rings is 1. The van der Waals surface area contributed by atoms with Crippen LogP contribution in [-0.2, 0) is 4.74 Å². The second-order valence-electron chi connectivity index (χ2n) is 8.95. The smallest absolute Gasteiger partial charge is 0.409 e. The SMILES string of the molecule is CCOC(=O)N1CCC(NC(=O)c2cnc3ccc(N4CCC[C@@H]4c4cccc(F)c4)nn23)CC1. The van der Waals surface area contributed by atoms with E-state index in [2.05, 4.69) is 15.2 Å². The Kier molecular flexibility index (Phi) is 6.52. The number of rotatable bonds is 5. The third-order valence-corrected chi connectivity index (χ3v) is 6.72. The average Bonchev–Trinajstić information content (AvgIpc) is 3.52. The fourth-order valence-corrected chi connectivity index (χ4v) is 4.95. The van der Waals surface area contributed by atoms with Crippen LogP contribution in [0, 0.1) is 5.82 Å². The number of anilines is 1. The summed E-state index contributed by atoms with van der Waals surface area (Å²) in [6.45, 7) is 4.01. The summed E-state index contributed by atoms with van der Waals surface area (Å²) in [5.74, 6) is 0.221. The van der Waals surface area contributed by atoms with Gasteiger partial charge in [0, 0.05) is 25.7 Å². The summed E-state index contributed by atoms with van der Waals surface area (Å²) in [5, 5.41) is 7.80. The van der Waals surface area contributed by atoms with Gasteiger partial charge >= 0.3 is 6.09 Å². The lowest BCUT2D eigenvalue weighted by Crippen LogP contribution is -2.46. The molecule has 0 aliphatic carbocycles. The second-order valence-corrected chi connectivity index (χ2v) is 8.95. The summed E-state index contributed by atoms with van der Waals surface area (Å²) < 4.78 is 20.5. The molecule has 3 aromatic rings. The van der Waals surface area contributed by atoms with Crippen molar-refractivity contribution in [2.75, 3.05) is 31.1 Å². The maximum atomic E-state index is 13.8. The summed E-state index contributed by atoms with van der Waals surface area (Å²) in [5.41, 5.74) is 1.86. The maximum absolute atomic E-state index is 13.8. The van der Waals surface area contributed by atoms with Crippen molar-refractivity contribution in [2.24, 2.45) is 0 Å². The van der Waals surface area contributed by atoms with Gasteiger partial charge in [-0.25, -0.2) is 18.7 Å². The van der Waals surface area contributed by atoms with Crippen LogP contribution in [0.4, 0.5) is 15.0 Å². The third kappa shape index (κ3) is 4.78. The van der Waals surface area contributed by atoms with E-state index in [1.54, 1.807) is 28.5 Å². The molecule has 0 saturated carbocycles. The molecule has 2 aliphatic rings. The number of halogens is 1. The van der Waals surface area contributed by atoms with Crippen LogP contribution < -0.4 is 10.2 Å². The molecule has 1 atom stereocenters. The number of benzene rings is 1. The zero-order valence-electron chi connectivity index (χ0n) is 19.7. The Balaban J connectivity index is 1.31. The Morgan fingerprint density at radius 2 is 1.97 bits per heavy atom. The van der Waals surface area contributed by atoms with Crippen molar-refractivity contribution in [2.45, 2.75) is 44.7 Å². The van der Waals surface area contributed by atoms with Crippen LogP contribution in [0.5, 0.6) is 0 Å². The molecular weight excluding hydrogens is 451 g/mol. The molecule has 0 unspecified atom stereocenters. The Bertz CT molecular complexity index is 1220. The van der Waals surface area contributed by atoms with Gasteiger partial charge in [0.1, 0.15) is 11.6 Å². The molecule has 0 radical (unpaired) electrons. The van der Waals surface area contributed by atoms with E-state index in [0.29, 0.717) is 43.9 Å².